The number of nitrogens with one attached hydrogen (secondary N) is 2. The van der Waals surface area contributed by atoms with Gasteiger partial charge in [-0.2, -0.15) is 4.98 Å². The predicted octanol–water partition coefficient (Wildman–Crippen LogP) is 0.948. The molecule has 0 fully saturated rings. The number of fused-ring (bicyclic) bond motifs is 1. The number of rotatable bonds is 7. The number of ether oxygens (including phenoxy) is 1. The number of aryl methyl sites for hydroxylation is 1. The first-order chi connectivity index (χ1) is 12.9. The molecule has 0 aliphatic carbocycles. The van der Waals surface area contributed by atoms with Crippen molar-refractivity contribution in [1.29, 1.82) is 0 Å². The van der Waals surface area contributed by atoms with Gasteiger partial charge in [0.1, 0.15) is 18.5 Å². The maximum atomic E-state index is 12.3. The Morgan fingerprint density at radius 1 is 1.37 bits per heavy atom. The van der Waals surface area contributed by atoms with Gasteiger partial charge < -0.3 is 19.7 Å². The molecular weight excluding hydrogens is 374 g/mol. The second-order valence-corrected chi connectivity index (χ2v) is 6.37. The summed E-state index contributed by atoms with van der Waals surface area (Å²) in [5, 5.41) is 13.9. The standard InChI is InChI=1S/C17H20ClN5O4/c1-3-19-16-20-14-13(15(25)21-17(26)22(14)2)23(16)8-10(24)9-27-12-7-5-4-6-11(12)18/h4-7,10,24H,3,8-9H2,1-2H3,(H,19,20)(H,21,25,26)/t10-/m1/s1. The number of anilines is 1. The van der Waals surface area contributed by atoms with E-state index in [-0.39, 0.29) is 24.3 Å². The van der Waals surface area contributed by atoms with Crippen LogP contribution in [0.1, 0.15) is 6.92 Å². The lowest BCUT2D eigenvalue weighted by atomic mass is 10.3. The van der Waals surface area contributed by atoms with E-state index in [1.54, 1.807) is 24.3 Å². The van der Waals surface area contributed by atoms with Gasteiger partial charge in [-0.1, -0.05) is 23.7 Å². The third kappa shape index (κ3) is 3.83. The second kappa shape index (κ2) is 7.85. The van der Waals surface area contributed by atoms with Gasteiger partial charge in [-0.05, 0) is 19.1 Å². The number of aromatic amines is 1. The van der Waals surface area contributed by atoms with Crippen molar-refractivity contribution in [3.05, 3.63) is 50.1 Å². The molecule has 3 N–H and O–H groups in total. The van der Waals surface area contributed by atoms with E-state index in [1.807, 2.05) is 6.92 Å². The molecule has 0 bridgehead atoms. The van der Waals surface area contributed by atoms with Crippen molar-refractivity contribution in [3.8, 4) is 5.75 Å². The summed E-state index contributed by atoms with van der Waals surface area (Å²) in [5.41, 5.74) is -0.685. The summed E-state index contributed by atoms with van der Waals surface area (Å²) >= 11 is 6.04. The molecule has 3 rings (SSSR count). The average molecular weight is 394 g/mol. The van der Waals surface area contributed by atoms with Gasteiger partial charge >= 0.3 is 5.69 Å². The largest absolute Gasteiger partial charge is 0.489 e. The fourth-order valence-corrected chi connectivity index (χ4v) is 2.91. The van der Waals surface area contributed by atoms with Crippen LogP contribution in [-0.2, 0) is 13.6 Å². The Labute approximate surface area is 159 Å². The Bertz CT molecular complexity index is 1070. The number of halogens is 1. The van der Waals surface area contributed by atoms with Crippen LogP contribution in [0.4, 0.5) is 5.95 Å². The van der Waals surface area contributed by atoms with Crippen LogP contribution in [0, 0.1) is 0 Å². The van der Waals surface area contributed by atoms with E-state index in [2.05, 4.69) is 15.3 Å². The summed E-state index contributed by atoms with van der Waals surface area (Å²) in [4.78, 5) is 30.7. The molecule has 0 saturated heterocycles. The Hall–Kier alpha value is -2.78. The number of aliphatic hydroxyl groups excluding tert-OH is 1. The molecule has 3 aromatic rings. The molecule has 0 aliphatic rings. The molecule has 0 aliphatic heterocycles. The minimum absolute atomic E-state index is 0.0291. The van der Waals surface area contributed by atoms with Crippen LogP contribution >= 0.6 is 11.6 Å². The average Bonchev–Trinajstić information content (AvgIpc) is 2.98. The Morgan fingerprint density at radius 2 is 2.11 bits per heavy atom. The van der Waals surface area contributed by atoms with E-state index in [9.17, 15) is 14.7 Å². The smallest absolute Gasteiger partial charge is 0.329 e. The van der Waals surface area contributed by atoms with Crippen molar-refractivity contribution in [2.75, 3.05) is 18.5 Å². The Balaban J connectivity index is 1.90. The van der Waals surface area contributed by atoms with Crippen molar-refractivity contribution < 1.29 is 9.84 Å². The van der Waals surface area contributed by atoms with Crippen LogP contribution in [0.25, 0.3) is 11.2 Å². The van der Waals surface area contributed by atoms with E-state index in [0.29, 0.717) is 23.3 Å². The minimum atomic E-state index is -0.937. The highest BCUT2D eigenvalue weighted by Gasteiger charge is 2.19. The molecule has 0 saturated carbocycles. The molecule has 10 heteroatoms. The third-order valence-corrected chi connectivity index (χ3v) is 4.32. The molecular formula is C17H20ClN5O4. The number of para-hydroxylation sites is 1. The van der Waals surface area contributed by atoms with Crippen molar-refractivity contribution in [1.82, 2.24) is 19.1 Å². The molecule has 1 atom stereocenters. The van der Waals surface area contributed by atoms with Crippen LogP contribution in [0.5, 0.6) is 5.75 Å². The lowest BCUT2D eigenvalue weighted by Crippen LogP contribution is -2.31. The van der Waals surface area contributed by atoms with Crippen molar-refractivity contribution in [2.24, 2.45) is 7.05 Å². The highest BCUT2D eigenvalue weighted by atomic mass is 35.5. The van der Waals surface area contributed by atoms with Gasteiger partial charge in [0, 0.05) is 13.6 Å². The number of aromatic nitrogens is 4. The Morgan fingerprint density at radius 3 is 2.81 bits per heavy atom. The van der Waals surface area contributed by atoms with E-state index < -0.39 is 17.4 Å². The van der Waals surface area contributed by atoms with Gasteiger partial charge in [0.15, 0.2) is 11.2 Å². The molecule has 9 nitrogen and oxygen atoms in total. The van der Waals surface area contributed by atoms with Gasteiger partial charge in [-0.25, -0.2) is 4.79 Å². The lowest BCUT2D eigenvalue weighted by Gasteiger charge is -2.16. The summed E-state index contributed by atoms with van der Waals surface area (Å²) < 4.78 is 8.35. The summed E-state index contributed by atoms with van der Waals surface area (Å²) in [6.45, 7) is 2.45. The fraction of sp³-hybridized carbons (Fsp3) is 0.353. The number of H-pyrrole nitrogens is 1. The maximum Gasteiger partial charge on any atom is 0.329 e. The summed E-state index contributed by atoms with van der Waals surface area (Å²) in [6, 6.07) is 6.95. The summed E-state index contributed by atoms with van der Waals surface area (Å²) in [6.07, 6.45) is -0.937. The van der Waals surface area contributed by atoms with Crippen molar-refractivity contribution in [3.63, 3.8) is 0 Å². The zero-order valence-corrected chi connectivity index (χ0v) is 15.7. The number of aliphatic hydroxyl groups is 1. The van der Waals surface area contributed by atoms with Crippen LogP contribution in [0.15, 0.2) is 33.9 Å². The first-order valence-electron chi connectivity index (χ1n) is 8.41. The van der Waals surface area contributed by atoms with Gasteiger partial charge in [-0.3, -0.25) is 14.3 Å². The quantitative estimate of drug-likeness (QED) is 0.550. The van der Waals surface area contributed by atoms with Gasteiger partial charge in [0.05, 0.1) is 11.6 Å². The second-order valence-electron chi connectivity index (χ2n) is 5.96. The first kappa shape index (κ1) is 19.0. The maximum absolute atomic E-state index is 12.3. The monoisotopic (exact) mass is 393 g/mol. The van der Waals surface area contributed by atoms with Gasteiger partial charge in [-0.15, -0.1) is 0 Å². The van der Waals surface area contributed by atoms with E-state index >= 15 is 0 Å². The number of imidazole rings is 1. The van der Waals surface area contributed by atoms with Crippen molar-refractivity contribution in [2.45, 2.75) is 19.6 Å². The van der Waals surface area contributed by atoms with Crippen LogP contribution < -0.4 is 21.3 Å². The SMILES string of the molecule is CCNc1nc2c(c(=O)[nH]c(=O)n2C)n1C[C@@H](O)COc1ccccc1Cl. The minimum Gasteiger partial charge on any atom is -0.489 e. The molecule has 0 amide bonds. The zero-order chi connectivity index (χ0) is 19.6. The van der Waals surface area contributed by atoms with Crippen LogP contribution in [0.3, 0.4) is 0 Å². The van der Waals surface area contributed by atoms with Gasteiger partial charge in [0.25, 0.3) is 5.56 Å². The highest BCUT2D eigenvalue weighted by molar-refractivity contribution is 6.32. The van der Waals surface area contributed by atoms with Crippen LogP contribution in [-0.4, -0.2) is 43.5 Å². The molecule has 27 heavy (non-hydrogen) atoms. The fourth-order valence-electron chi connectivity index (χ4n) is 2.72. The summed E-state index contributed by atoms with van der Waals surface area (Å²) in [5.74, 6) is 0.844. The third-order valence-electron chi connectivity index (χ3n) is 4.00. The molecule has 2 heterocycles. The summed E-state index contributed by atoms with van der Waals surface area (Å²) in [7, 11) is 1.52. The molecule has 0 radical (unpaired) electrons. The normalized spacial score (nSPS) is 12.3. The van der Waals surface area contributed by atoms with E-state index in [4.69, 9.17) is 16.3 Å². The lowest BCUT2D eigenvalue weighted by molar-refractivity contribution is 0.0939. The number of hydrogen-bond acceptors (Lipinski definition) is 6. The van der Waals surface area contributed by atoms with E-state index in [1.165, 1.54) is 16.2 Å². The molecule has 144 valence electrons. The molecule has 2 aromatic heterocycles. The van der Waals surface area contributed by atoms with Gasteiger partial charge in [0.2, 0.25) is 5.95 Å². The molecule has 0 spiro atoms. The molecule has 0 unspecified atom stereocenters. The highest BCUT2D eigenvalue weighted by Crippen LogP contribution is 2.23. The number of benzene rings is 1. The number of nitrogens with zero attached hydrogens (tertiary/aromatic N) is 3. The zero-order valence-electron chi connectivity index (χ0n) is 14.9. The van der Waals surface area contributed by atoms with E-state index in [0.717, 1.165) is 0 Å². The predicted molar refractivity (Wildman–Crippen MR) is 103 cm³/mol. The first-order valence-corrected chi connectivity index (χ1v) is 8.79. The van der Waals surface area contributed by atoms with Crippen LogP contribution in [0.2, 0.25) is 5.02 Å². The number of hydrogen-bond donors (Lipinski definition) is 3. The topological polar surface area (TPSA) is 114 Å². The van der Waals surface area contributed by atoms with Crippen molar-refractivity contribution >= 4 is 28.7 Å². The molecule has 1 aromatic carbocycles. The Kier molecular flexibility index (Phi) is 5.52.